The molecule has 8 nitrogen and oxygen atoms in total. The summed E-state index contributed by atoms with van der Waals surface area (Å²) in [5.74, 6) is 1.20. The van der Waals surface area contributed by atoms with Crippen molar-refractivity contribution < 1.29 is 0 Å². The zero-order valence-electron chi connectivity index (χ0n) is 8.04. The predicted molar refractivity (Wildman–Crippen MR) is 51.9 cm³/mol. The molecule has 0 unspecified atom stereocenters. The van der Waals surface area contributed by atoms with Crippen LogP contribution in [0, 0.1) is 0 Å². The SMILES string of the molecule is c1cn(-c2ccc(-n3ccnn3)nn2)nn1. The topological polar surface area (TPSA) is 87.2 Å². The Labute approximate surface area is 89.5 Å². The molecule has 3 aromatic rings. The van der Waals surface area contributed by atoms with Crippen LogP contribution in [0.25, 0.3) is 11.6 Å². The summed E-state index contributed by atoms with van der Waals surface area (Å²) in [5.41, 5.74) is 0. The van der Waals surface area contributed by atoms with Crippen LogP contribution in [0.1, 0.15) is 0 Å². The van der Waals surface area contributed by atoms with Crippen molar-refractivity contribution in [3.63, 3.8) is 0 Å². The Hall–Kier alpha value is -2.64. The molecule has 0 aliphatic heterocycles. The predicted octanol–water partition coefficient (Wildman–Crippen LogP) is -0.362. The van der Waals surface area contributed by atoms with Crippen molar-refractivity contribution in [2.45, 2.75) is 0 Å². The third kappa shape index (κ3) is 1.41. The van der Waals surface area contributed by atoms with Crippen molar-refractivity contribution in [3.8, 4) is 11.6 Å². The van der Waals surface area contributed by atoms with Gasteiger partial charge in [-0.2, -0.15) is 0 Å². The molecule has 8 heteroatoms. The van der Waals surface area contributed by atoms with Gasteiger partial charge in [-0.1, -0.05) is 10.4 Å². The maximum atomic E-state index is 4.00. The highest BCUT2D eigenvalue weighted by Crippen LogP contribution is 2.03. The van der Waals surface area contributed by atoms with Crippen molar-refractivity contribution in [2.24, 2.45) is 0 Å². The van der Waals surface area contributed by atoms with Crippen LogP contribution in [0.4, 0.5) is 0 Å². The van der Waals surface area contributed by atoms with Gasteiger partial charge in [-0.05, 0) is 12.1 Å². The molecule has 0 atom stereocenters. The molecule has 3 aromatic heterocycles. The average molecular weight is 214 g/mol. The van der Waals surface area contributed by atoms with E-state index in [0.29, 0.717) is 11.6 Å². The van der Waals surface area contributed by atoms with Crippen LogP contribution in [-0.4, -0.2) is 40.2 Å². The normalized spacial score (nSPS) is 10.5. The van der Waals surface area contributed by atoms with E-state index in [-0.39, 0.29) is 0 Å². The molecule has 0 radical (unpaired) electrons. The van der Waals surface area contributed by atoms with Gasteiger partial charge in [-0.15, -0.1) is 20.4 Å². The average Bonchev–Trinajstić information content (AvgIpc) is 3.03. The monoisotopic (exact) mass is 214 g/mol. The highest BCUT2D eigenvalue weighted by atomic mass is 15.5. The van der Waals surface area contributed by atoms with E-state index in [0.717, 1.165) is 0 Å². The zero-order valence-corrected chi connectivity index (χ0v) is 8.04. The molecule has 0 spiro atoms. The Morgan fingerprint density at radius 3 is 1.56 bits per heavy atom. The van der Waals surface area contributed by atoms with Gasteiger partial charge >= 0.3 is 0 Å². The Balaban J connectivity index is 1.97. The van der Waals surface area contributed by atoms with Gasteiger partial charge in [0.1, 0.15) is 0 Å². The zero-order chi connectivity index (χ0) is 10.8. The molecule has 0 amide bonds. The summed E-state index contributed by atoms with van der Waals surface area (Å²) >= 11 is 0. The molecule has 0 bridgehead atoms. The number of nitrogens with zero attached hydrogens (tertiary/aromatic N) is 8. The smallest absolute Gasteiger partial charge is 0.177 e. The minimum Gasteiger partial charge on any atom is -0.201 e. The first-order valence-electron chi connectivity index (χ1n) is 4.50. The summed E-state index contributed by atoms with van der Waals surface area (Å²) in [6.07, 6.45) is 6.54. The van der Waals surface area contributed by atoms with Gasteiger partial charge in [0.25, 0.3) is 0 Å². The van der Waals surface area contributed by atoms with Crippen molar-refractivity contribution in [1.29, 1.82) is 0 Å². The third-order valence-electron chi connectivity index (χ3n) is 1.95. The first-order valence-corrected chi connectivity index (χ1v) is 4.50. The van der Waals surface area contributed by atoms with Crippen LogP contribution in [0.15, 0.2) is 36.9 Å². The van der Waals surface area contributed by atoms with E-state index in [1.807, 2.05) is 0 Å². The number of aromatic nitrogens is 8. The Morgan fingerprint density at radius 1 is 0.750 bits per heavy atom. The summed E-state index contributed by atoms with van der Waals surface area (Å²) in [5, 5.41) is 23.0. The summed E-state index contributed by atoms with van der Waals surface area (Å²) in [4.78, 5) is 0. The first-order chi connectivity index (χ1) is 7.93. The fourth-order valence-electron chi connectivity index (χ4n) is 1.22. The lowest BCUT2D eigenvalue weighted by Gasteiger charge is -1.99. The highest BCUT2D eigenvalue weighted by Gasteiger charge is 2.02. The van der Waals surface area contributed by atoms with E-state index < -0.39 is 0 Å². The molecule has 3 rings (SSSR count). The molecular weight excluding hydrogens is 208 g/mol. The molecule has 0 aromatic carbocycles. The van der Waals surface area contributed by atoms with Crippen molar-refractivity contribution >= 4 is 0 Å². The fraction of sp³-hybridized carbons (Fsp3) is 0. The molecule has 78 valence electrons. The van der Waals surface area contributed by atoms with E-state index in [9.17, 15) is 0 Å². The van der Waals surface area contributed by atoms with Crippen LogP contribution in [0.3, 0.4) is 0 Å². The van der Waals surface area contributed by atoms with Gasteiger partial charge < -0.3 is 0 Å². The largest absolute Gasteiger partial charge is 0.201 e. The van der Waals surface area contributed by atoms with Crippen LogP contribution < -0.4 is 0 Å². The Kier molecular flexibility index (Phi) is 1.89. The van der Waals surface area contributed by atoms with E-state index >= 15 is 0 Å². The molecule has 0 aliphatic carbocycles. The van der Waals surface area contributed by atoms with Crippen LogP contribution >= 0.6 is 0 Å². The van der Waals surface area contributed by atoms with Crippen LogP contribution in [0.5, 0.6) is 0 Å². The second kappa shape index (κ2) is 3.50. The summed E-state index contributed by atoms with van der Waals surface area (Å²) in [7, 11) is 0. The van der Waals surface area contributed by atoms with Gasteiger partial charge in [-0.25, -0.2) is 9.36 Å². The van der Waals surface area contributed by atoms with E-state index in [1.54, 1.807) is 36.9 Å². The second-order valence-corrected chi connectivity index (χ2v) is 2.94. The molecular formula is C8H6N8. The van der Waals surface area contributed by atoms with Crippen LogP contribution in [0.2, 0.25) is 0 Å². The highest BCUT2D eigenvalue weighted by molar-refractivity contribution is 5.26. The standard InChI is InChI=1S/C8H6N8/c1-2-8(16-6-4-10-14-16)12-11-7(1)15-5-3-9-13-15/h1-6H. The van der Waals surface area contributed by atoms with Crippen LogP contribution in [-0.2, 0) is 0 Å². The third-order valence-corrected chi connectivity index (χ3v) is 1.95. The van der Waals surface area contributed by atoms with Gasteiger partial charge in [0.05, 0.1) is 24.8 Å². The molecule has 0 N–H and O–H groups in total. The fourth-order valence-corrected chi connectivity index (χ4v) is 1.22. The molecule has 3 heterocycles. The minimum absolute atomic E-state index is 0.598. The van der Waals surface area contributed by atoms with E-state index in [1.165, 1.54) is 9.36 Å². The quantitative estimate of drug-likeness (QED) is 0.578. The van der Waals surface area contributed by atoms with Gasteiger partial charge in [-0.3, -0.25) is 0 Å². The first kappa shape index (κ1) is 8.65. The van der Waals surface area contributed by atoms with Crippen molar-refractivity contribution in [3.05, 3.63) is 36.9 Å². The van der Waals surface area contributed by atoms with Gasteiger partial charge in [0.15, 0.2) is 11.6 Å². The minimum atomic E-state index is 0.598. The lowest BCUT2D eigenvalue weighted by molar-refractivity contribution is 0.730. The van der Waals surface area contributed by atoms with Gasteiger partial charge in [0, 0.05) is 0 Å². The Bertz CT molecular complexity index is 499. The lowest BCUT2D eigenvalue weighted by atomic mass is 10.5. The van der Waals surface area contributed by atoms with E-state index in [4.69, 9.17) is 0 Å². The summed E-state index contributed by atoms with van der Waals surface area (Å²) in [6.45, 7) is 0. The summed E-state index contributed by atoms with van der Waals surface area (Å²) in [6, 6.07) is 3.55. The van der Waals surface area contributed by atoms with Crippen molar-refractivity contribution in [2.75, 3.05) is 0 Å². The molecule has 0 saturated carbocycles. The molecule has 0 fully saturated rings. The number of rotatable bonds is 2. The number of hydrogen-bond acceptors (Lipinski definition) is 6. The molecule has 0 saturated heterocycles. The maximum absolute atomic E-state index is 4.00. The molecule has 0 aliphatic rings. The molecule has 16 heavy (non-hydrogen) atoms. The van der Waals surface area contributed by atoms with Crippen molar-refractivity contribution in [1.82, 2.24) is 40.2 Å². The lowest BCUT2D eigenvalue weighted by Crippen LogP contribution is -2.04. The number of hydrogen-bond donors (Lipinski definition) is 0. The summed E-state index contributed by atoms with van der Waals surface area (Å²) < 4.78 is 3.05. The second-order valence-electron chi connectivity index (χ2n) is 2.94. The van der Waals surface area contributed by atoms with Gasteiger partial charge in [0.2, 0.25) is 0 Å². The maximum Gasteiger partial charge on any atom is 0.177 e. The van der Waals surface area contributed by atoms with E-state index in [2.05, 4.69) is 30.8 Å². The Morgan fingerprint density at radius 2 is 1.25 bits per heavy atom.